The van der Waals surface area contributed by atoms with Crippen LogP contribution in [-0.2, 0) is 6.54 Å². The fourth-order valence-corrected chi connectivity index (χ4v) is 4.09. The van der Waals surface area contributed by atoms with Gasteiger partial charge in [-0.25, -0.2) is 0 Å². The Labute approximate surface area is 144 Å². The molecule has 0 spiro atoms. The minimum Gasteiger partial charge on any atom is -0.457 e. The van der Waals surface area contributed by atoms with Gasteiger partial charge < -0.3 is 4.42 Å². The van der Waals surface area contributed by atoms with Gasteiger partial charge in [-0.3, -0.25) is 14.4 Å². The van der Waals surface area contributed by atoms with Crippen molar-refractivity contribution in [3.63, 3.8) is 0 Å². The number of hydrogen-bond donors (Lipinski definition) is 0. The van der Waals surface area contributed by atoms with Crippen LogP contribution >= 0.6 is 34.5 Å². The Morgan fingerprint density at radius 3 is 2.74 bits per heavy atom. The number of benzene rings is 1. The Hall–Kier alpha value is -1.82. The van der Waals surface area contributed by atoms with E-state index in [4.69, 9.17) is 27.6 Å². The van der Waals surface area contributed by atoms with Crippen LogP contribution in [0.5, 0.6) is 0 Å². The molecule has 0 aliphatic carbocycles. The number of furan rings is 1. The molecule has 0 saturated heterocycles. The van der Waals surface area contributed by atoms with Crippen molar-refractivity contribution < 1.29 is 4.42 Å². The van der Waals surface area contributed by atoms with Crippen molar-refractivity contribution in [1.82, 2.24) is 4.57 Å². The van der Waals surface area contributed by atoms with Crippen LogP contribution in [0.15, 0.2) is 44.5 Å². The lowest BCUT2D eigenvalue weighted by atomic mass is 10.2. The first-order chi connectivity index (χ1) is 11.1. The van der Waals surface area contributed by atoms with E-state index in [2.05, 4.69) is 4.99 Å². The lowest BCUT2D eigenvalue weighted by Gasteiger charge is -2.02. The molecular weight excluding hydrogens is 355 g/mol. The van der Waals surface area contributed by atoms with Gasteiger partial charge in [-0.15, -0.1) is 0 Å². The van der Waals surface area contributed by atoms with E-state index in [1.165, 1.54) is 11.3 Å². The van der Waals surface area contributed by atoms with Crippen LogP contribution in [0, 0.1) is 0 Å². The first kappa shape index (κ1) is 14.8. The molecule has 1 aliphatic heterocycles. The van der Waals surface area contributed by atoms with Gasteiger partial charge in [0.15, 0.2) is 4.80 Å². The molecule has 116 valence electrons. The van der Waals surface area contributed by atoms with E-state index in [0.29, 0.717) is 44.8 Å². The molecule has 4 rings (SSSR count). The maximum Gasteiger partial charge on any atom is 0.270 e. The molecule has 3 heterocycles. The summed E-state index contributed by atoms with van der Waals surface area (Å²) in [6.45, 7) is 1.33. The zero-order chi connectivity index (χ0) is 16.0. The molecule has 2 aromatic heterocycles. The smallest absolute Gasteiger partial charge is 0.270 e. The predicted molar refractivity (Wildman–Crippen MR) is 92.0 cm³/mol. The number of fused-ring (bicyclic) bond motifs is 1. The third-order valence-electron chi connectivity index (χ3n) is 3.57. The van der Waals surface area contributed by atoms with Crippen molar-refractivity contribution in [1.29, 1.82) is 0 Å². The molecule has 0 fully saturated rings. The average molecular weight is 365 g/mol. The second kappa shape index (κ2) is 5.67. The van der Waals surface area contributed by atoms with Crippen LogP contribution in [-0.4, -0.2) is 11.1 Å². The Kier molecular flexibility index (Phi) is 3.64. The molecule has 0 unspecified atom stereocenters. The largest absolute Gasteiger partial charge is 0.457 e. The maximum absolute atomic E-state index is 12.2. The van der Waals surface area contributed by atoms with Gasteiger partial charge in [0.05, 0.1) is 26.7 Å². The van der Waals surface area contributed by atoms with Crippen LogP contribution in [0.3, 0.4) is 0 Å². The van der Waals surface area contributed by atoms with Crippen LogP contribution in [0.1, 0.15) is 5.76 Å². The molecule has 0 N–H and O–H groups in total. The van der Waals surface area contributed by atoms with Gasteiger partial charge in [-0.2, -0.15) is 0 Å². The summed E-state index contributed by atoms with van der Waals surface area (Å²) >= 11 is 13.8. The Balaban J connectivity index is 1.81. The van der Waals surface area contributed by atoms with E-state index < -0.39 is 0 Å². The summed E-state index contributed by atoms with van der Waals surface area (Å²) in [6.07, 6.45) is 1.72. The summed E-state index contributed by atoms with van der Waals surface area (Å²) in [6, 6.07) is 8.88. The number of hydrogen-bond acceptors (Lipinski definition) is 4. The molecule has 0 saturated carbocycles. The highest BCUT2D eigenvalue weighted by Crippen LogP contribution is 2.35. The van der Waals surface area contributed by atoms with Crippen LogP contribution in [0.2, 0.25) is 10.0 Å². The molecular formula is C16H10Cl2N2O2S. The topological polar surface area (TPSA) is 47.5 Å². The highest BCUT2D eigenvalue weighted by molar-refractivity contribution is 7.07. The van der Waals surface area contributed by atoms with E-state index in [1.807, 2.05) is 0 Å². The van der Waals surface area contributed by atoms with Gasteiger partial charge in [0.2, 0.25) is 0 Å². The van der Waals surface area contributed by atoms with Gasteiger partial charge in [-0.05, 0) is 24.3 Å². The van der Waals surface area contributed by atoms with Crippen molar-refractivity contribution in [2.45, 2.75) is 6.54 Å². The summed E-state index contributed by atoms with van der Waals surface area (Å²) < 4.78 is 8.09. The second-order valence-electron chi connectivity index (χ2n) is 5.03. The van der Waals surface area contributed by atoms with Crippen LogP contribution < -0.4 is 14.9 Å². The SMILES string of the molecule is O=c1c(=Cc2ccc(-c3c(Cl)cccc3Cl)o2)sc2n1CCN=2. The van der Waals surface area contributed by atoms with Gasteiger partial charge in [0, 0.05) is 12.6 Å². The summed E-state index contributed by atoms with van der Waals surface area (Å²) in [7, 11) is 0. The molecule has 0 bridgehead atoms. The van der Waals surface area contributed by atoms with Crippen molar-refractivity contribution in [2.24, 2.45) is 4.99 Å². The van der Waals surface area contributed by atoms with E-state index in [9.17, 15) is 4.79 Å². The highest BCUT2D eigenvalue weighted by atomic mass is 35.5. The van der Waals surface area contributed by atoms with Gasteiger partial charge >= 0.3 is 0 Å². The third-order valence-corrected chi connectivity index (χ3v) is 5.24. The molecule has 0 atom stereocenters. The molecule has 23 heavy (non-hydrogen) atoms. The number of rotatable bonds is 2. The standard InChI is InChI=1S/C16H10Cl2N2O2S/c17-10-2-1-3-11(18)14(10)12-5-4-9(22-12)8-13-15(21)20-7-6-19-16(20)23-13/h1-5,8H,6-7H2. The van der Waals surface area contributed by atoms with E-state index in [1.54, 1.807) is 41.0 Å². The van der Waals surface area contributed by atoms with Gasteiger partial charge in [0.25, 0.3) is 5.56 Å². The Morgan fingerprint density at radius 2 is 2.00 bits per heavy atom. The fraction of sp³-hybridized carbons (Fsp3) is 0.125. The summed E-state index contributed by atoms with van der Waals surface area (Å²) in [5.74, 6) is 1.15. The molecule has 4 nitrogen and oxygen atoms in total. The molecule has 1 aromatic carbocycles. The summed E-state index contributed by atoms with van der Waals surface area (Å²) in [4.78, 5) is 17.3. The second-order valence-corrected chi connectivity index (χ2v) is 6.85. The van der Waals surface area contributed by atoms with Gasteiger partial charge in [0.1, 0.15) is 11.5 Å². The van der Waals surface area contributed by atoms with Crippen LogP contribution in [0.4, 0.5) is 0 Å². The van der Waals surface area contributed by atoms with E-state index in [0.717, 1.165) is 4.80 Å². The highest BCUT2D eigenvalue weighted by Gasteiger charge is 2.13. The third kappa shape index (κ3) is 2.55. The van der Waals surface area contributed by atoms with Crippen molar-refractivity contribution in [3.8, 4) is 11.3 Å². The quantitative estimate of drug-likeness (QED) is 0.701. The number of halogens is 2. The Morgan fingerprint density at radius 1 is 1.22 bits per heavy atom. The zero-order valence-electron chi connectivity index (χ0n) is 11.8. The average Bonchev–Trinajstić information content (AvgIpc) is 3.20. The minimum absolute atomic E-state index is 0.0278. The van der Waals surface area contributed by atoms with Crippen molar-refractivity contribution >= 4 is 40.6 Å². The summed E-state index contributed by atoms with van der Waals surface area (Å²) in [5.41, 5.74) is 0.621. The lowest BCUT2D eigenvalue weighted by molar-refractivity contribution is 0.571. The van der Waals surface area contributed by atoms with Crippen LogP contribution in [0.25, 0.3) is 17.4 Å². The van der Waals surface area contributed by atoms with Gasteiger partial charge in [-0.1, -0.05) is 40.6 Å². The predicted octanol–water partition coefficient (Wildman–Crippen LogP) is 2.94. The number of nitrogens with zero attached hydrogens (tertiary/aromatic N) is 2. The van der Waals surface area contributed by atoms with E-state index in [-0.39, 0.29) is 5.56 Å². The zero-order valence-corrected chi connectivity index (χ0v) is 14.1. The minimum atomic E-state index is -0.0278. The Bertz CT molecular complexity index is 1060. The number of aromatic nitrogens is 1. The number of thiazole rings is 1. The molecule has 3 aromatic rings. The van der Waals surface area contributed by atoms with Crippen molar-refractivity contribution in [3.05, 3.63) is 65.8 Å². The monoisotopic (exact) mass is 364 g/mol. The molecule has 0 amide bonds. The summed E-state index contributed by atoms with van der Waals surface area (Å²) in [5, 5.41) is 1.04. The van der Waals surface area contributed by atoms with Crippen molar-refractivity contribution in [2.75, 3.05) is 6.54 Å². The first-order valence-electron chi connectivity index (χ1n) is 6.93. The fourth-order valence-electron chi connectivity index (χ4n) is 2.50. The molecule has 0 radical (unpaired) electrons. The molecule has 7 heteroatoms. The normalized spacial score (nSPS) is 14.1. The first-order valence-corrected chi connectivity index (χ1v) is 8.51. The maximum atomic E-state index is 12.2. The van der Waals surface area contributed by atoms with E-state index >= 15 is 0 Å². The lowest BCUT2D eigenvalue weighted by Crippen LogP contribution is -2.29. The molecule has 1 aliphatic rings.